The number of aliphatic hydroxyl groups is 1. The van der Waals surface area contributed by atoms with E-state index < -0.39 is 17.8 Å². The molecule has 5 heteroatoms. The number of halogens is 3. The smallest absolute Gasteiger partial charge is 0.379 e. The highest BCUT2D eigenvalue weighted by Crippen LogP contribution is 2.33. The minimum Gasteiger partial charge on any atom is -0.379 e. The van der Waals surface area contributed by atoms with Crippen LogP contribution in [0.1, 0.15) is 13.8 Å². The van der Waals surface area contributed by atoms with Crippen molar-refractivity contribution < 1.29 is 18.3 Å². The minimum absolute atomic E-state index is 0.775. The van der Waals surface area contributed by atoms with E-state index >= 15 is 0 Å². The molecule has 74 valence electrons. The van der Waals surface area contributed by atoms with Gasteiger partial charge in [0.05, 0.1) is 0 Å². The van der Waals surface area contributed by atoms with Crippen molar-refractivity contribution in [3.63, 3.8) is 0 Å². The second-order valence-corrected chi connectivity index (χ2v) is 3.28. The minimum atomic E-state index is -4.59. The summed E-state index contributed by atoms with van der Waals surface area (Å²) in [5, 5.41) is 9.12. The Morgan fingerprint density at radius 3 is 1.67 bits per heavy atom. The first-order valence-corrected chi connectivity index (χ1v) is 3.56. The van der Waals surface area contributed by atoms with Gasteiger partial charge in [-0.2, -0.15) is 13.2 Å². The Hall–Kier alpha value is -0.290. The van der Waals surface area contributed by atoms with Crippen LogP contribution in [0.3, 0.4) is 0 Å². The SMILES string of the molecule is CC(N(C)C)C(C)(O)C(F)(F)F. The van der Waals surface area contributed by atoms with Crippen LogP contribution in [0.2, 0.25) is 0 Å². The predicted octanol–water partition coefficient (Wildman–Crippen LogP) is 1.25. The first kappa shape index (κ1) is 11.7. The van der Waals surface area contributed by atoms with Gasteiger partial charge < -0.3 is 10.0 Å². The molecule has 0 aliphatic carbocycles. The highest BCUT2D eigenvalue weighted by molar-refractivity contribution is 4.90. The van der Waals surface area contributed by atoms with Gasteiger partial charge in [-0.3, -0.25) is 0 Å². The van der Waals surface area contributed by atoms with Crippen LogP contribution in [0.25, 0.3) is 0 Å². The molecule has 0 aromatic heterocycles. The molecule has 0 saturated carbocycles. The van der Waals surface area contributed by atoms with Gasteiger partial charge in [-0.15, -0.1) is 0 Å². The average Bonchev–Trinajstić information content (AvgIpc) is 1.83. The lowest BCUT2D eigenvalue weighted by Gasteiger charge is -2.36. The monoisotopic (exact) mass is 185 g/mol. The Balaban J connectivity index is 4.61. The van der Waals surface area contributed by atoms with E-state index in [9.17, 15) is 13.2 Å². The molecule has 0 radical (unpaired) electrons. The molecule has 2 atom stereocenters. The molecule has 0 saturated heterocycles. The van der Waals surface area contributed by atoms with Crippen LogP contribution in [0, 0.1) is 0 Å². The van der Waals surface area contributed by atoms with Crippen molar-refractivity contribution in [3.05, 3.63) is 0 Å². The van der Waals surface area contributed by atoms with Gasteiger partial charge in [0.25, 0.3) is 0 Å². The van der Waals surface area contributed by atoms with Gasteiger partial charge in [0.1, 0.15) is 0 Å². The third-order valence-corrected chi connectivity index (χ3v) is 2.16. The molecule has 0 rings (SSSR count). The second-order valence-electron chi connectivity index (χ2n) is 3.28. The maximum absolute atomic E-state index is 12.2. The van der Waals surface area contributed by atoms with Crippen molar-refractivity contribution in [1.29, 1.82) is 0 Å². The first-order chi connectivity index (χ1) is 5.10. The fraction of sp³-hybridized carbons (Fsp3) is 1.00. The van der Waals surface area contributed by atoms with Crippen LogP contribution >= 0.6 is 0 Å². The van der Waals surface area contributed by atoms with Crippen LogP contribution in [0.15, 0.2) is 0 Å². The lowest BCUT2D eigenvalue weighted by Crippen LogP contribution is -2.55. The van der Waals surface area contributed by atoms with Gasteiger partial charge in [-0.05, 0) is 27.9 Å². The number of nitrogens with zero attached hydrogens (tertiary/aromatic N) is 1. The lowest BCUT2D eigenvalue weighted by molar-refractivity contribution is -0.269. The number of likely N-dealkylation sites (N-methyl/N-ethyl adjacent to an activating group) is 1. The standard InChI is InChI=1S/C7H14F3NO/c1-5(11(3)4)6(2,12)7(8,9)10/h5,12H,1-4H3. The Bertz CT molecular complexity index is 153. The third-order valence-electron chi connectivity index (χ3n) is 2.16. The van der Waals surface area contributed by atoms with E-state index in [1.165, 1.54) is 25.9 Å². The zero-order chi connectivity index (χ0) is 10.2. The average molecular weight is 185 g/mol. The van der Waals surface area contributed by atoms with E-state index in [-0.39, 0.29) is 0 Å². The largest absolute Gasteiger partial charge is 0.418 e. The zero-order valence-electron chi connectivity index (χ0n) is 7.61. The van der Waals surface area contributed by atoms with Gasteiger partial charge in [0.15, 0.2) is 5.60 Å². The van der Waals surface area contributed by atoms with Crippen LogP contribution in [-0.4, -0.2) is 41.9 Å². The van der Waals surface area contributed by atoms with Crippen LogP contribution in [0.4, 0.5) is 13.2 Å². The van der Waals surface area contributed by atoms with E-state index in [1.54, 1.807) is 0 Å². The molecule has 0 aliphatic rings. The molecule has 0 aromatic carbocycles. The van der Waals surface area contributed by atoms with E-state index in [1.807, 2.05) is 0 Å². The molecule has 0 aliphatic heterocycles. The molecule has 0 heterocycles. The Morgan fingerprint density at radius 2 is 1.58 bits per heavy atom. The summed E-state index contributed by atoms with van der Waals surface area (Å²) >= 11 is 0. The van der Waals surface area contributed by atoms with E-state index in [0.29, 0.717) is 0 Å². The highest BCUT2D eigenvalue weighted by Gasteiger charge is 2.53. The van der Waals surface area contributed by atoms with Crippen molar-refractivity contribution in [3.8, 4) is 0 Å². The summed E-state index contributed by atoms with van der Waals surface area (Å²) in [6.07, 6.45) is -4.59. The Morgan fingerprint density at radius 1 is 1.25 bits per heavy atom. The molecule has 0 spiro atoms. The molecule has 0 bridgehead atoms. The molecule has 0 aromatic rings. The summed E-state index contributed by atoms with van der Waals surface area (Å²) in [6, 6.07) is -0.961. The highest BCUT2D eigenvalue weighted by atomic mass is 19.4. The molecular formula is C7H14F3NO. The molecule has 0 amide bonds. The van der Waals surface area contributed by atoms with Crippen LogP contribution < -0.4 is 0 Å². The number of rotatable bonds is 2. The van der Waals surface area contributed by atoms with Gasteiger partial charge in [0.2, 0.25) is 0 Å². The second kappa shape index (κ2) is 3.22. The van der Waals surface area contributed by atoms with E-state index in [0.717, 1.165) is 6.92 Å². The molecule has 12 heavy (non-hydrogen) atoms. The summed E-state index contributed by atoms with van der Waals surface area (Å²) < 4.78 is 36.5. The van der Waals surface area contributed by atoms with Gasteiger partial charge in [0, 0.05) is 6.04 Å². The third kappa shape index (κ3) is 2.10. The topological polar surface area (TPSA) is 23.5 Å². The van der Waals surface area contributed by atoms with E-state index in [4.69, 9.17) is 5.11 Å². The molecule has 1 N–H and O–H groups in total. The number of hydrogen-bond donors (Lipinski definition) is 1. The fourth-order valence-corrected chi connectivity index (χ4v) is 0.740. The molecular weight excluding hydrogens is 171 g/mol. The summed E-state index contributed by atoms with van der Waals surface area (Å²) in [4.78, 5) is 1.33. The van der Waals surface area contributed by atoms with Crippen molar-refractivity contribution in [2.75, 3.05) is 14.1 Å². The number of hydrogen-bond acceptors (Lipinski definition) is 2. The molecule has 2 unspecified atom stereocenters. The lowest BCUT2D eigenvalue weighted by atomic mass is 9.96. The summed E-state index contributed by atoms with van der Waals surface area (Å²) in [5.74, 6) is 0. The Labute approximate surface area is 70.0 Å². The van der Waals surface area contributed by atoms with Crippen molar-refractivity contribution in [1.82, 2.24) is 4.90 Å². The van der Waals surface area contributed by atoms with Crippen molar-refractivity contribution in [2.45, 2.75) is 31.7 Å². The first-order valence-electron chi connectivity index (χ1n) is 3.56. The molecule has 2 nitrogen and oxygen atoms in total. The van der Waals surface area contributed by atoms with Gasteiger partial charge in [-0.25, -0.2) is 0 Å². The number of alkyl halides is 3. The fourth-order valence-electron chi connectivity index (χ4n) is 0.740. The summed E-state index contributed by atoms with van der Waals surface area (Å²) in [5.41, 5.74) is -2.66. The zero-order valence-corrected chi connectivity index (χ0v) is 7.61. The predicted molar refractivity (Wildman–Crippen MR) is 39.8 cm³/mol. The van der Waals surface area contributed by atoms with Gasteiger partial charge >= 0.3 is 6.18 Å². The summed E-state index contributed by atoms with van der Waals surface area (Å²) in [7, 11) is 2.98. The summed E-state index contributed by atoms with van der Waals surface area (Å²) in [6.45, 7) is 2.10. The van der Waals surface area contributed by atoms with Gasteiger partial charge in [-0.1, -0.05) is 0 Å². The van der Waals surface area contributed by atoms with Crippen molar-refractivity contribution >= 4 is 0 Å². The Kier molecular flexibility index (Phi) is 3.14. The maximum Gasteiger partial charge on any atom is 0.418 e. The maximum atomic E-state index is 12.2. The van der Waals surface area contributed by atoms with Crippen molar-refractivity contribution in [2.24, 2.45) is 0 Å². The molecule has 0 fully saturated rings. The van der Waals surface area contributed by atoms with E-state index in [2.05, 4.69) is 0 Å². The van der Waals surface area contributed by atoms with Crippen LogP contribution in [0.5, 0.6) is 0 Å². The normalized spacial score (nSPS) is 20.8. The van der Waals surface area contributed by atoms with Crippen LogP contribution in [-0.2, 0) is 0 Å². The quantitative estimate of drug-likeness (QED) is 0.699.